The molecule has 80 valence electrons. The molecular weight excluding hydrogens is 192 g/mol. The summed E-state index contributed by atoms with van der Waals surface area (Å²) < 4.78 is 11.2. The molecule has 0 spiro atoms. The molecule has 1 saturated heterocycles. The molecule has 0 N–H and O–H groups in total. The highest BCUT2D eigenvalue weighted by Crippen LogP contribution is 2.36. The lowest BCUT2D eigenvalue weighted by molar-refractivity contribution is -0.150. The average Bonchev–Trinajstić information content (AvgIpc) is 2.55. The van der Waals surface area contributed by atoms with E-state index in [4.69, 9.17) is 9.47 Å². The number of carbonyl (C=O) groups is 1. The third-order valence-corrected chi connectivity index (χ3v) is 2.39. The maximum atomic E-state index is 10.9. The fourth-order valence-corrected chi connectivity index (χ4v) is 1.79. The minimum Gasteiger partial charge on any atom is -0.339 e. The first-order valence-corrected chi connectivity index (χ1v) is 4.98. The van der Waals surface area contributed by atoms with Crippen LogP contribution in [0, 0.1) is 0 Å². The van der Waals surface area contributed by atoms with Gasteiger partial charge in [0.05, 0.1) is 0 Å². The molecule has 3 nitrogen and oxygen atoms in total. The second-order valence-corrected chi connectivity index (χ2v) is 4.07. The Kier molecular flexibility index (Phi) is 2.59. The quantitative estimate of drug-likeness (QED) is 0.695. The van der Waals surface area contributed by atoms with Crippen LogP contribution in [0.5, 0.6) is 0 Å². The van der Waals surface area contributed by atoms with E-state index in [1.807, 2.05) is 44.2 Å². The van der Waals surface area contributed by atoms with Crippen LogP contribution < -0.4 is 0 Å². The van der Waals surface area contributed by atoms with Crippen LogP contribution in [-0.4, -0.2) is 18.2 Å². The molecule has 1 aromatic rings. The molecule has 0 aliphatic carbocycles. The molecule has 0 radical (unpaired) electrons. The molecule has 1 fully saturated rings. The SMILES string of the molecule is CC1(C)O[C@@H](C=O)[C@@H](c2ccccc2)O1. The minimum absolute atomic E-state index is 0.293. The van der Waals surface area contributed by atoms with Crippen molar-refractivity contribution in [2.45, 2.75) is 31.8 Å². The van der Waals surface area contributed by atoms with E-state index in [-0.39, 0.29) is 6.10 Å². The summed E-state index contributed by atoms with van der Waals surface area (Å²) in [6.07, 6.45) is -0.00650. The summed E-state index contributed by atoms with van der Waals surface area (Å²) in [7, 11) is 0. The second-order valence-electron chi connectivity index (χ2n) is 4.07. The van der Waals surface area contributed by atoms with Gasteiger partial charge in [-0.1, -0.05) is 30.3 Å². The number of carbonyl (C=O) groups excluding carboxylic acids is 1. The number of rotatable bonds is 2. The van der Waals surface area contributed by atoms with Crippen molar-refractivity contribution in [1.29, 1.82) is 0 Å². The first kappa shape index (κ1) is 10.3. The molecule has 3 heteroatoms. The number of benzene rings is 1. The Morgan fingerprint density at radius 2 is 1.87 bits per heavy atom. The van der Waals surface area contributed by atoms with Crippen molar-refractivity contribution < 1.29 is 14.3 Å². The lowest BCUT2D eigenvalue weighted by atomic mass is 10.1. The van der Waals surface area contributed by atoms with Gasteiger partial charge in [0.1, 0.15) is 12.2 Å². The van der Waals surface area contributed by atoms with Crippen molar-refractivity contribution in [3.8, 4) is 0 Å². The largest absolute Gasteiger partial charge is 0.339 e. The Labute approximate surface area is 89.0 Å². The topological polar surface area (TPSA) is 35.5 Å². The molecule has 0 amide bonds. The molecule has 1 aliphatic rings. The van der Waals surface area contributed by atoms with Gasteiger partial charge in [0.15, 0.2) is 12.1 Å². The normalized spacial score (nSPS) is 28.9. The zero-order valence-electron chi connectivity index (χ0n) is 8.84. The Morgan fingerprint density at radius 3 is 2.47 bits per heavy atom. The van der Waals surface area contributed by atoms with Gasteiger partial charge in [0.25, 0.3) is 0 Å². The molecule has 1 aromatic carbocycles. The molecule has 0 bridgehead atoms. The summed E-state index contributed by atoms with van der Waals surface area (Å²) in [5, 5.41) is 0. The third-order valence-electron chi connectivity index (χ3n) is 2.39. The van der Waals surface area contributed by atoms with E-state index in [0.717, 1.165) is 11.8 Å². The molecule has 0 saturated carbocycles. The van der Waals surface area contributed by atoms with Crippen LogP contribution in [0.4, 0.5) is 0 Å². The lowest BCUT2D eigenvalue weighted by Gasteiger charge is -2.16. The minimum atomic E-state index is -0.688. The first-order valence-electron chi connectivity index (χ1n) is 4.98. The zero-order chi connectivity index (χ0) is 10.9. The summed E-state index contributed by atoms with van der Waals surface area (Å²) in [4.78, 5) is 10.9. The Bertz CT molecular complexity index is 345. The van der Waals surface area contributed by atoms with Gasteiger partial charge in [-0.25, -0.2) is 0 Å². The molecule has 1 aliphatic heterocycles. The maximum Gasteiger partial charge on any atom is 0.164 e. The molecular formula is C12H14O3. The highest BCUT2D eigenvalue weighted by Gasteiger charge is 2.41. The fraction of sp³-hybridized carbons (Fsp3) is 0.417. The predicted molar refractivity (Wildman–Crippen MR) is 55.3 cm³/mol. The van der Waals surface area contributed by atoms with E-state index in [1.165, 1.54) is 0 Å². The highest BCUT2D eigenvalue weighted by molar-refractivity contribution is 5.58. The Hall–Kier alpha value is -1.19. The molecule has 2 rings (SSSR count). The molecule has 0 unspecified atom stereocenters. The molecule has 2 atom stereocenters. The first-order chi connectivity index (χ1) is 7.12. The summed E-state index contributed by atoms with van der Waals surface area (Å²) in [6, 6.07) is 9.65. The van der Waals surface area contributed by atoms with Gasteiger partial charge < -0.3 is 14.3 Å². The van der Waals surface area contributed by atoms with Gasteiger partial charge in [-0.3, -0.25) is 0 Å². The van der Waals surface area contributed by atoms with Crippen molar-refractivity contribution in [3.63, 3.8) is 0 Å². The maximum absolute atomic E-state index is 10.9. The summed E-state index contributed by atoms with van der Waals surface area (Å²) in [6.45, 7) is 3.62. The van der Waals surface area contributed by atoms with Crippen LogP contribution in [-0.2, 0) is 14.3 Å². The summed E-state index contributed by atoms with van der Waals surface area (Å²) >= 11 is 0. The van der Waals surface area contributed by atoms with Crippen LogP contribution in [0.3, 0.4) is 0 Å². The van der Waals surface area contributed by atoms with Crippen LogP contribution in [0.1, 0.15) is 25.5 Å². The summed E-state index contributed by atoms with van der Waals surface area (Å²) in [5.41, 5.74) is 0.972. The van der Waals surface area contributed by atoms with Crippen LogP contribution in [0.25, 0.3) is 0 Å². The van der Waals surface area contributed by atoms with E-state index in [0.29, 0.717) is 0 Å². The van der Waals surface area contributed by atoms with Crippen molar-refractivity contribution in [3.05, 3.63) is 35.9 Å². The van der Waals surface area contributed by atoms with E-state index >= 15 is 0 Å². The molecule has 15 heavy (non-hydrogen) atoms. The Balaban J connectivity index is 2.26. The molecule has 1 heterocycles. The average molecular weight is 206 g/mol. The number of hydrogen-bond donors (Lipinski definition) is 0. The van der Waals surface area contributed by atoms with Gasteiger partial charge in [-0.05, 0) is 19.4 Å². The van der Waals surface area contributed by atoms with Crippen molar-refractivity contribution >= 4 is 6.29 Å². The highest BCUT2D eigenvalue weighted by atomic mass is 16.8. The van der Waals surface area contributed by atoms with Gasteiger partial charge >= 0.3 is 0 Å². The van der Waals surface area contributed by atoms with Crippen LogP contribution in [0.2, 0.25) is 0 Å². The standard InChI is InChI=1S/C12H14O3/c1-12(2)14-10(8-13)11(15-12)9-6-4-3-5-7-9/h3-8,10-11H,1-2H3/t10-,11+/m0/s1. The fourth-order valence-electron chi connectivity index (χ4n) is 1.79. The van der Waals surface area contributed by atoms with Crippen molar-refractivity contribution in [2.75, 3.05) is 0 Å². The number of ether oxygens (including phenoxy) is 2. The van der Waals surface area contributed by atoms with Gasteiger partial charge in [-0.2, -0.15) is 0 Å². The summed E-state index contributed by atoms with van der Waals surface area (Å²) in [5.74, 6) is -0.688. The molecule has 0 aromatic heterocycles. The van der Waals surface area contributed by atoms with Gasteiger partial charge in [0.2, 0.25) is 0 Å². The monoisotopic (exact) mass is 206 g/mol. The smallest absolute Gasteiger partial charge is 0.164 e. The van der Waals surface area contributed by atoms with E-state index in [2.05, 4.69) is 0 Å². The lowest BCUT2D eigenvalue weighted by Crippen LogP contribution is -2.21. The van der Waals surface area contributed by atoms with E-state index in [1.54, 1.807) is 0 Å². The van der Waals surface area contributed by atoms with Gasteiger partial charge in [-0.15, -0.1) is 0 Å². The van der Waals surface area contributed by atoms with Crippen LogP contribution >= 0.6 is 0 Å². The number of aldehydes is 1. The second kappa shape index (κ2) is 3.76. The predicted octanol–water partition coefficient (Wildman–Crippen LogP) is 2.08. The van der Waals surface area contributed by atoms with E-state index in [9.17, 15) is 4.79 Å². The van der Waals surface area contributed by atoms with E-state index < -0.39 is 11.9 Å². The van der Waals surface area contributed by atoms with Crippen LogP contribution in [0.15, 0.2) is 30.3 Å². The Morgan fingerprint density at radius 1 is 1.20 bits per heavy atom. The third kappa shape index (κ3) is 2.08. The van der Waals surface area contributed by atoms with Crippen molar-refractivity contribution in [2.24, 2.45) is 0 Å². The zero-order valence-corrected chi connectivity index (χ0v) is 8.84. The number of hydrogen-bond acceptors (Lipinski definition) is 3. The van der Waals surface area contributed by atoms with Crippen molar-refractivity contribution in [1.82, 2.24) is 0 Å². The van der Waals surface area contributed by atoms with Gasteiger partial charge in [0, 0.05) is 0 Å².